The lowest BCUT2D eigenvalue weighted by molar-refractivity contribution is -0.118. The third-order valence-corrected chi connectivity index (χ3v) is 3.15. The fourth-order valence-electron chi connectivity index (χ4n) is 2.11. The summed E-state index contributed by atoms with van der Waals surface area (Å²) in [6.07, 6.45) is 6.01. The Bertz CT molecular complexity index is 328. The van der Waals surface area contributed by atoms with Crippen molar-refractivity contribution in [3.8, 4) is 0 Å². The van der Waals surface area contributed by atoms with Crippen molar-refractivity contribution in [1.82, 2.24) is 10.3 Å². The van der Waals surface area contributed by atoms with Gasteiger partial charge in [0, 0.05) is 25.7 Å². The topological polar surface area (TPSA) is 48.1 Å². The van der Waals surface area contributed by atoms with Gasteiger partial charge in [0.25, 0.3) is 0 Å². The lowest BCUT2D eigenvalue weighted by atomic mass is 10.0. The largest absolute Gasteiger partial charge is 0.348 e. The number of hydrogen-bond donors (Lipinski definition) is 2. The van der Waals surface area contributed by atoms with Crippen LogP contribution >= 0.6 is 0 Å². The molecule has 4 nitrogen and oxygen atoms in total. The van der Waals surface area contributed by atoms with Crippen LogP contribution in [0.1, 0.15) is 25.7 Å². The fourth-order valence-corrected chi connectivity index (χ4v) is 2.11. The number of carbonyl (C=O) groups excluding carboxylic acids is 1. The molecule has 0 bridgehead atoms. The first-order valence-corrected chi connectivity index (χ1v) is 5.90. The summed E-state index contributed by atoms with van der Waals surface area (Å²) in [7, 11) is 1.82. The summed E-state index contributed by atoms with van der Waals surface area (Å²) in [5, 5.41) is 3.39. The molecule has 2 rings (SSSR count). The normalized spacial score (nSPS) is 20.7. The predicted molar refractivity (Wildman–Crippen MR) is 64.5 cm³/mol. The van der Waals surface area contributed by atoms with Gasteiger partial charge in [0.1, 0.15) is 5.82 Å². The van der Waals surface area contributed by atoms with Crippen molar-refractivity contribution in [2.24, 2.45) is 0 Å². The first kappa shape index (κ1) is 11.2. The SMILES string of the molecule is CN(C(=O)CC1CCCCN1)c1ccc[nH]1. The highest BCUT2D eigenvalue weighted by molar-refractivity contribution is 5.92. The van der Waals surface area contributed by atoms with Crippen LogP contribution in [0.15, 0.2) is 18.3 Å². The lowest BCUT2D eigenvalue weighted by Crippen LogP contribution is -2.39. The van der Waals surface area contributed by atoms with Crippen molar-refractivity contribution in [2.75, 3.05) is 18.5 Å². The molecule has 1 atom stereocenters. The number of rotatable bonds is 3. The Morgan fingerprint density at radius 1 is 1.56 bits per heavy atom. The molecule has 16 heavy (non-hydrogen) atoms. The second kappa shape index (κ2) is 5.16. The Balaban J connectivity index is 1.87. The number of nitrogens with one attached hydrogen (secondary N) is 2. The van der Waals surface area contributed by atoms with Crippen LogP contribution < -0.4 is 10.2 Å². The lowest BCUT2D eigenvalue weighted by Gasteiger charge is -2.25. The van der Waals surface area contributed by atoms with E-state index in [1.54, 1.807) is 4.90 Å². The van der Waals surface area contributed by atoms with Gasteiger partial charge < -0.3 is 15.2 Å². The maximum atomic E-state index is 12.0. The van der Waals surface area contributed by atoms with E-state index >= 15 is 0 Å². The van der Waals surface area contributed by atoms with Gasteiger partial charge in [-0.05, 0) is 31.5 Å². The zero-order chi connectivity index (χ0) is 11.4. The molecule has 1 saturated heterocycles. The number of piperidine rings is 1. The van der Waals surface area contributed by atoms with Crippen molar-refractivity contribution in [3.63, 3.8) is 0 Å². The minimum atomic E-state index is 0.168. The molecule has 1 unspecified atom stereocenters. The van der Waals surface area contributed by atoms with Crippen molar-refractivity contribution in [2.45, 2.75) is 31.7 Å². The van der Waals surface area contributed by atoms with Gasteiger partial charge in [0.05, 0.1) is 0 Å². The summed E-state index contributed by atoms with van der Waals surface area (Å²) in [4.78, 5) is 16.7. The molecule has 1 aliphatic heterocycles. The molecule has 2 heterocycles. The van der Waals surface area contributed by atoms with Gasteiger partial charge in [-0.2, -0.15) is 0 Å². The molecule has 88 valence electrons. The molecule has 0 saturated carbocycles. The van der Waals surface area contributed by atoms with E-state index in [-0.39, 0.29) is 5.91 Å². The third-order valence-electron chi connectivity index (χ3n) is 3.15. The summed E-state index contributed by atoms with van der Waals surface area (Å²) in [5.74, 6) is 1.03. The average Bonchev–Trinajstić information content (AvgIpc) is 2.83. The van der Waals surface area contributed by atoms with E-state index in [9.17, 15) is 4.79 Å². The summed E-state index contributed by atoms with van der Waals surface area (Å²) < 4.78 is 0. The van der Waals surface area contributed by atoms with Gasteiger partial charge in [0.2, 0.25) is 5.91 Å². The quantitative estimate of drug-likeness (QED) is 0.812. The van der Waals surface area contributed by atoms with Gasteiger partial charge in [-0.15, -0.1) is 0 Å². The number of carbonyl (C=O) groups is 1. The highest BCUT2D eigenvalue weighted by atomic mass is 16.2. The standard InChI is InChI=1S/C12H19N3O/c1-15(11-6-4-8-14-11)12(16)9-10-5-2-3-7-13-10/h4,6,8,10,13-14H,2-3,5,7,9H2,1H3. The molecule has 0 radical (unpaired) electrons. The number of H-pyrrole nitrogens is 1. The van der Waals surface area contributed by atoms with Gasteiger partial charge in [-0.25, -0.2) is 0 Å². The van der Waals surface area contributed by atoms with E-state index < -0.39 is 0 Å². The van der Waals surface area contributed by atoms with Gasteiger partial charge >= 0.3 is 0 Å². The van der Waals surface area contributed by atoms with Crippen LogP contribution in [-0.4, -0.2) is 30.5 Å². The number of nitrogens with zero attached hydrogens (tertiary/aromatic N) is 1. The highest BCUT2D eigenvalue weighted by Gasteiger charge is 2.19. The van der Waals surface area contributed by atoms with Crippen LogP contribution in [0.25, 0.3) is 0 Å². The van der Waals surface area contributed by atoms with Crippen molar-refractivity contribution >= 4 is 11.7 Å². The molecular weight excluding hydrogens is 202 g/mol. The first-order valence-electron chi connectivity index (χ1n) is 5.90. The molecule has 0 aliphatic carbocycles. The molecule has 1 amide bonds. The average molecular weight is 221 g/mol. The smallest absolute Gasteiger partial charge is 0.229 e. The van der Waals surface area contributed by atoms with Crippen LogP contribution in [0, 0.1) is 0 Å². The first-order chi connectivity index (χ1) is 7.77. The molecule has 1 aromatic heterocycles. The summed E-state index contributed by atoms with van der Waals surface area (Å²) in [6.45, 7) is 1.05. The second-order valence-electron chi connectivity index (χ2n) is 4.36. The molecule has 0 spiro atoms. The van der Waals surface area contributed by atoms with Gasteiger partial charge in [0.15, 0.2) is 0 Å². The minimum Gasteiger partial charge on any atom is -0.348 e. The van der Waals surface area contributed by atoms with Crippen molar-refractivity contribution < 1.29 is 4.79 Å². The Labute approximate surface area is 96.0 Å². The number of amides is 1. The monoisotopic (exact) mass is 221 g/mol. The van der Waals surface area contributed by atoms with E-state index in [4.69, 9.17) is 0 Å². The molecule has 4 heteroatoms. The van der Waals surface area contributed by atoms with Crippen LogP contribution in [0.2, 0.25) is 0 Å². The minimum absolute atomic E-state index is 0.168. The molecule has 0 aromatic carbocycles. The maximum absolute atomic E-state index is 12.0. The van der Waals surface area contributed by atoms with E-state index in [0.29, 0.717) is 12.5 Å². The van der Waals surface area contributed by atoms with Gasteiger partial charge in [-0.1, -0.05) is 6.42 Å². The van der Waals surface area contributed by atoms with Crippen molar-refractivity contribution in [3.05, 3.63) is 18.3 Å². The molecule has 1 aliphatic rings. The third kappa shape index (κ3) is 2.64. The molecule has 1 fully saturated rings. The van der Waals surface area contributed by atoms with E-state index in [0.717, 1.165) is 18.8 Å². The molecule has 2 N–H and O–H groups in total. The van der Waals surface area contributed by atoms with E-state index in [1.165, 1.54) is 12.8 Å². The van der Waals surface area contributed by atoms with Crippen LogP contribution in [0.4, 0.5) is 5.82 Å². The van der Waals surface area contributed by atoms with Crippen LogP contribution in [-0.2, 0) is 4.79 Å². The molecular formula is C12H19N3O. The zero-order valence-electron chi connectivity index (χ0n) is 9.70. The Hall–Kier alpha value is -1.29. The number of aromatic amines is 1. The highest BCUT2D eigenvalue weighted by Crippen LogP contribution is 2.14. The zero-order valence-corrected chi connectivity index (χ0v) is 9.70. The Kier molecular flexibility index (Phi) is 3.62. The summed E-state index contributed by atoms with van der Waals surface area (Å²) in [5.41, 5.74) is 0. The fraction of sp³-hybridized carbons (Fsp3) is 0.583. The Morgan fingerprint density at radius 3 is 3.06 bits per heavy atom. The van der Waals surface area contributed by atoms with E-state index in [2.05, 4.69) is 10.3 Å². The number of aromatic nitrogens is 1. The number of anilines is 1. The Morgan fingerprint density at radius 2 is 2.44 bits per heavy atom. The van der Waals surface area contributed by atoms with Crippen LogP contribution in [0.3, 0.4) is 0 Å². The number of hydrogen-bond acceptors (Lipinski definition) is 2. The van der Waals surface area contributed by atoms with Crippen LogP contribution in [0.5, 0.6) is 0 Å². The summed E-state index contributed by atoms with van der Waals surface area (Å²) >= 11 is 0. The van der Waals surface area contributed by atoms with Gasteiger partial charge in [-0.3, -0.25) is 4.79 Å². The summed E-state index contributed by atoms with van der Waals surface area (Å²) in [6, 6.07) is 4.17. The van der Waals surface area contributed by atoms with E-state index in [1.807, 2.05) is 25.4 Å². The maximum Gasteiger partial charge on any atom is 0.229 e. The predicted octanol–water partition coefficient (Wildman–Crippen LogP) is 1.51. The second-order valence-corrected chi connectivity index (χ2v) is 4.36. The van der Waals surface area contributed by atoms with Crippen molar-refractivity contribution in [1.29, 1.82) is 0 Å². The molecule has 1 aromatic rings.